The third kappa shape index (κ3) is 3.32. The summed E-state index contributed by atoms with van der Waals surface area (Å²) in [5.74, 6) is 0.767. The molecule has 1 fully saturated rings. The van der Waals surface area contributed by atoms with Gasteiger partial charge < -0.3 is 15.4 Å². The third-order valence-corrected chi connectivity index (χ3v) is 3.52. The van der Waals surface area contributed by atoms with Gasteiger partial charge in [0, 0.05) is 18.8 Å². The van der Waals surface area contributed by atoms with Gasteiger partial charge in [-0.25, -0.2) is 0 Å². The summed E-state index contributed by atoms with van der Waals surface area (Å²) >= 11 is 0. The third-order valence-electron chi connectivity index (χ3n) is 3.52. The summed E-state index contributed by atoms with van der Waals surface area (Å²) < 4.78 is 5.83. The first-order chi connectivity index (χ1) is 9.61. The van der Waals surface area contributed by atoms with Crippen LogP contribution in [0.3, 0.4) is 0 Å². The van der Waals surface area contributed by atoms with E-state index in [2.05, 4.69) is 6.58 Å². The fourth-order valence-electron chi connectivity index (χ4n) is 2.46. The van der Waals surface area contributed by atoms with Gasteiger partial charge in [0.05, 0.1) is 0 Å². The van der Waals surface area contributed by atoms with E-state index in [1.165, 1.54) is 0 Å². The zero-order chi connectivity index (χ0) is 14.5. The minimum absolute atomic E-state index is 0.0591. The highest BCUT2D eigenvalue weighted by Gasteiger charge is 2.24. The largest absolute Gasteiger partial charge is 0.481 e. The van der Waals surface area contributed by atoms with Gasteiger partial charge in [-0.3, -0.25) is 4.79 Å². The Labute approximate surface area is 120 Å². The Bertz CT molecular complexity index is 493. The van der Waals surface area contributed by atoms with Crippen molar-refractivity contribution >= 4 is 11.6 Å². The van der Waals surface area contributed by atoms with Crippen LogP contribution in [0.4, 0.5) is 5.69 Å². The maximum atomic E-state index is 12.2. The topological polar surface area (TPSA) is 55.6 Å². The summed E-state index contributed by atoms with van der Waals surface area (Å²) in [6.07, 6.45) is 4.17. The number of allylic oxidation sites excluding steroid dienone is 1. The van der Waals surface area contributed by atoms with Crippen molar-refractivity contribution in [3.63, 3.8) is 0 Å². The van der Waals surface area contributed by atoms with Crippen LogP contribution in [0, 0.1) is 0 Å². The van der Waals surface area contributed by atoms with Gasteiger partial charge in [-0.1, -0.05) is 6.08 Å². The number of nitrogens with zero attached hydrogens (tertiary/aromatic N) is 1. The summed E-state index contributed by atoms with van der Waals surface area (Å²) in [7, 11) is 0. The summed E-state index contributed by atoms with van der Waals surface area (Å²) in [5, 5.41) is 0. The smallest absolute Gasteiger partial charge is 0.263 e. The summed E-state index contributed by atoms with van der Waals surface area (Å²) in [5.41, 5.74) is 7.43. The lowest BCUT2D eigenvalue weighted by atomic mass is 10.1. The van der Waals surface area contributed by atoms with Gasteiger partial charge in [0.25, 0.3) is 5.91 Å². The Hall–Kier alpha value is -1.97. The van der Waals surface area contributed by atoms with Crippen molar-refractivity contribution in [1.82, 2.24) is 4.90 Å². The van der Waals surface area contributed by atoms with Crippen LogP contribution >= 0.6 is 0 Å². The molecule has 0 spiro atoms. The molecular formula is C16H22N2O2. The van der Waals surface area contributed by atoms with Crippen molar-refractivity contribution in [1.29, 1.82) is 0 Å². The van der Waals surface area contributed by atoms with Crippen molar-refractivity contribution in [2.45, 2.75) is 32.3 Å². The molecule has 0 saturated carbocycles. The SMILES string of the molecule is C=CCc1cc(N)ccc1OC(C)C(=O)N1CCCC1. The molecular weight excluding hydrogens is 252 g/mol. The average molecular weight is 274 g/mol. The number of rotatable bonds is 5. The number of benzene rings is 1. The van der Waals surface area contributed by atoms with E-state index in [1.54, 1.807) is 19.1 Å². The Morgan fingerprint density at radius 3 is 2.85 bits per heavy atom. The molecule has 0 aromatic heterocycles. The molecule has 1 aromatic carbocycles. The lowest BCUT2D eigenvalue weighted by molar-refractivity contribution is -0.136. The summed E-state index contributed by atoms with van der Waals surface area (Å²) in [6.45, 7) is 7.21. The predicted molar refractivity (Wildman–Crippen MR) is 80.7 cm³/mol. The quantitative estimate of drug-likeness (QED) is 0.662. The Kier molecular flexibility index (Phi) is 4.66. The van der Waals surface area contributed by atoms with Crippen molar-refractivity contribution < 1.29 is 9.53 Å². The van der Waals surface area contributed by atoms with Crippen LogP contribution in [0.5, 0.6) is 5.75 Å². The lowest BCUT2D eigenvalue weighted by Crippen LogP contribution is -2.38. The molecule has 2 rings (SSSR count). The van der Waals surface area contributed by atoms with Crippen LogP contribution < -0.4 is 10.5 Å². The summed E-state index contributed by atoms with van der Waals surface area (Å²) in [6, 6.07) is 5.47. The molecule has 1 aromatic rings. The number of carbonyl (C=O) groups is 1. The molecule has 4 heteroatoms. The van der Waals surface area contributed by atoms with Crippen molar-refractivity contribution in [3.8, 4) is 5.75 Å². The standard InChI is InChI=1S/C16H22N2O2/c1-3-6-13-11-14(17)7-8-15(13)20-12(2)16(19)18-9-4-5-10-18/h3,7-8,11-12H,1,4-6,9-10,17H2,2H3. The fourth-order valence-corrected chi connectivity index (χ4v) is 2.46. The second-order valence-corrected chi connectivity index (χ2v) is 5.15. The number of carbonyl (C=O) groups excluding carboxylic acids is 1. The molecule has 1 aliphatic heterocycles. The number of nitrogen functional groups attached to an aromatic ring is 1. The van der Waals surface area contributed by atoms with Gasteiger partial charge in [-0.05, 0) is 49.9 Å². The molecule has 108 valence electrons. The molecule has 0 aliphatic carbocycles. The zero-order valence-corrected chi connectivity index (χ0v) is 12.0. The van der Waals surface area contributed by atoms with Crippen LogP contribution in [0.2, 0.25) is 0 Å². The van der Waals surface area contributed by atoms with E-state index in [0.29, 0.717) is 17.9 Å². The minimum Gasteiger partial charge on any atom is -0.481 e. The number of nitrogens with two attached hydrogens (primary N) is 1. The van der Waals surface area contributed by atoms with E-state index >= 15 is 0 Å². The van der Waals surface area contributed by atoms with Crippen molar-refractivity contribution in [2.24, 2.45) is 0 Å². The van der Waals surface area contributed by atoms with E-state index in [1.807, 2.05) is 17.0 Å². The van der Waals surface area contributed by atoms with Crippen LogP contribution in [0.1, 0.15) is 25.3 Å². The Balaban J connectivity index is 2.08. The highest BCUT2D eigenvalue weighted by molar-refractivity contribution is 5.81. The first kappa shape index (κ1) is 14.4. The highest BCUT2D eigenvalue weighted by atomic mass is 16.5. The Morgan fingerprint density at radius 1 is 1.50 bits per heavy atom. The van der Waals surface area contributed by atoms with E-state index in [-0.39, 0.29) is 5.91 Å². The number of ether oxygens (including phenoxy) is 1. The van der Waals surface area contributed by atoms with Gasteiger partial charge >= 0.3 is 0 Å². The molecule has 1 saturated heterocycles. The van der Waals surface area contributed by atoms with Gasteiger partial charge in [-0.15, -0.1) is 6.58 Å². The summed E-state index contributed by atoms with van der Waals surface area (Å²) in [4.78, 5) is 14.1. The normalized spacial score (nSPS) is 15.9. The molecule has 1 atom stereocenters. The number of anilines is 1. The van der Waals surface area contributed by atoms with Crippen LogP contribution in [-0.2, 0) is 11.2 Å². The Morgan fingerprint density at radius 2 is 2.20 bits per heavy atom. The molecule has 1 amide bonds. The minimum atomic E-state index is -0.472. The van der Waals surface area contributed by atoms with Crippen molar-refractivity contribution in [2.75, 3.05) is 18.8 Å². The molecule has 1 unspecified atom stereocenters. The zero-order valence-electron chi connectivity index (χ0n) is 12.0. The molecule has 0 bridgehead atoms. The molecule has 2 N–H and O–H groups in total. The first-order valence-corrected chi connectivity index (χ1v) is 7.06. The second-order valence-electron chi connectivity index (χ2n) is 5.15. The van der Waals surface area contributed by atoms with E-state index in [0.717, 1.165) is 31.5 Å². The number of amides is 1. The molecule has 0 radical (unpaired) electrons. The van der Waals surface area contributed by atoms with Crippen LogP contribution in [0.15, 0.2) is 30.9 Å². The van der Waals surface area contributed by atoms with E-state index in [9.17, 15) is 4.79 Å². The fraction of sp³-hybridized carbons (Fsp3) is 0.438. The molecule has 1 heterocycles. The van der Waals surface area contributed by atoms with Gasteiger partial charge in [0.15, 0.2) is 6.10 Å². The maximum Gasteiger partial charge on any atom is 0.263 e. The molecule has 1 aliphatic rings. The molecule has 20 heavy (non-hydrogen) atoms. The van der Waals surface area contributed by atoms with Gasteiger partial charge in [0.2, 0.25) is 0 Å². The van der Waals surface area contributed by atoms with Crippen LogP contribution in [-0.4, -0.2) is 30.0 Å². The van der Waals surface area contributed by atoms with Crippen LogP contribution in [0.25, 0.3) is 0 Å². The van der Waals surface area contributed by atoms with Gasteiger partial charge in [-0.2, -0.15) is 0 Å². The number of hydrogen-bond acceptors (Lipinski definition) is 3. The monoisotopic (exact) mass is 274 g/mol. The molecule has 4 nitrogen and oxygen atoms in total. The number of likely N-dealkylation sites (tertiary alicyclic amines) is 1. The van der Waals surface area contributed by atoms with Crippen molar-refractivity contribution in [3.05, 3.63) is 36.4 Å². The second kappa shape index (κ2) is 6.46. The first-order valence-electron chi connectivity index (χ1n) is 7.06. The maximum absolute atomic E-state index is 12.2. The lowest BCUT2D eigenvalue weighted by Gasteiger charge is -2.22. The van der Waals surface area contributed by atoms with E-state index in [4.69, 9.17) is 10.5 Å². The average Bonchev–Trinajstić information content (AvgIpc) is 2.95. The van der Waals surface area contributed by atoms with Gasteiger partial charge in [0.1, 0.15) is 5.75 Å². The van der Waals surface area contributed by atoms with E-state index < -0.39 is 6.10 Å². The predicted octanol–water partition coefficient (Wildman–Crippen LogP) is 2.39. The highest BCUT2D eigenvalue weighted by Crippen LogP contribution is 2.24. The number of hydrogen-bond donors (Lipinski definition) is 1.